The molecule has 0 aromatic heterocycles. The molecule has 0 radical (unpaired) electrons. The van der Waals surface area contributed by atoms with Crippen molar-refractivity contribution in [2.75, 3.05) is 26.9 Å². The normalized spacial score (nSPS) is 20.3. The second-order valence-corrected chi connectivity index (χ2v) is 11.5. The molecule has 4 rings (SSSR count). The number of hydrogen-bond acceptors (Lipinski definition) is 6. The van der Waals surface area contributed by atoms with E-state index in [2.05, 4.69) is 29.6 Å². The Bertz CT molecular complexity index is 1290. The van der Waals surface area contributed by atoms with E-state index in [-0.39, 0.29) is 24.7 Å². The van der Waals surface area contributed by atoms with Crippen molar-refractivity contribution in [3.63, 3.8) is 0 Å². The molecule has 42 heavy (non-hydrogen) atoms. The van der Waals surface area contributed by atoms with Crippen molar-refractivity contribution in [2.24, 2.45) is 5.92 Å². The number of carboxylic acid groups (broad SMARTS) is 1. The van der Waals surface area contributed by atoms with Crippen LogP contribution >= 0.6 is 0 Å². The number of benzene rings is 2. The Labute approximate surface area is 248 Å². The second kappa shape index (κ2) is 13.2. The molecule has 0 unspecified atom stereocenters. The summed E-state index contributed by atoms with van der Waals surface area (Å²) in [4.78, 5) is 40.7. The molecule has 0 aliphatic heterocycles. The minimum atomic E-state index is -1.38. The van der Waals surface area contributed by atoms with Crippen LogP contribution in [0.3, 0.4) is 0 Å². The molecule has 9 nitrogen and oxygen atoms in total. The zero-order valence-corrected chi connectivity index (χ0v) is 25.6. The van der Waals surface area contributed by atoms with Crippen LogP contribution in [0, 0.1) is 12.8 Å². The number of Topliss-reactive ketones (excluding diaryl/α,β-unsaturated/α-hetero) is 1. The lowest BCUT2D eigenvalue weighted by Gasteiger charge is -2.45. The van der Waals surface area contributed by atoms with E-state index in [4.69, 9.17) is 14.2 Å². The van der Waals surface area contributed by atoms with Crippen LogP contribution in [0.25, 0.3) is 0 Å². The molecule has 0 heterocycles. The van der Waals surface area contributed by atoms with Crippen molar-refractivity contribution in [3.8, 4) is 11.5 Å². The molecule has 1 atom stereocenters. The Morgan fingerprint density at radius 1 is 1.10 bits per heavy atom. The van der Waals surface area contributed by atoms with E-state index >= 15 is 0 Å². The highest BCUT2D eigenvalue weighted by atomic mass is 16.5. The number of aliphatic carboxylic acids is 1. The van der Waals surface area contributed by atoms with E-state index in [1.165, 1.54) is 18.1 Å². The van der Waals surface area contributed by atoms with E-state index in [1.54, 1.807) is 12.0 Å². The van der Waals surface area contributed by atoms with Gasteiger partial charge in [-0.1, -0.05) is 24.3 Å². The molecule has 0 saturated heterocycles. The average molecular weight is 581 g/mol. The molecule has 2 amide bonds. The van der Waals surface area contributed by atoms with Crippen LogP contribution in [-0.4, -0.2) is 66.3 Å². The van der Waals surface area contributed by atoms with Crippen LogP contribution in [0.5, 0.6) is 11.5 Å². The summed E-state index contributed by atoms with van der Waals surface area (Å²) in [6.07, 6.45) is 2.86. The maximum atomic E-state index is 14.0. The van der Waals surface area contributed by atoms with Gasteiger partial charge in [0.15, 0.2) is 5.78 Å². The first kappa shape index (κ1) is 31.3. The molecule has 2 aliphatic rings. The molecule has 0 bridgehead atoms. The van der Waals surface area contributed by atoms with E-state index < -0.39 is 23.6 Å². The van der Waals surface area contributed by atoms with Crippen LogP contribution in [0.1, 0.15) is 85.6 Å². The Hall–Kier alpha value is -3.59. The van der Waals surface area contributed by atoms with Crippen LogP contribution in [-0.2, 0) is 22.4 Å². The summed E-state index contributed by atoms with van der Waals surface area (Å²) in [5.74, 6) is 0.00627. The number of ether oxygens (including phenoxy) is 3. The van der Waals surface area contributed by atoms with Crippen molar-refractivity contribution >= 4 is 17.8 Å². The van der Waals surface area contributed by atoms with Gasteiger partial charge in [-0.3, -0.25) is 4.79 Å². The topological polar surface area (TPSA) is 114 Å². The number of rotatable bonds is 13. The van der Waals surface area contributed by atoms with Crippen LogP contribution in [0.2, 0.25) is 0 Å². The number of nitrogens with one attached hydrogen (secondary N) is 1. The van der Waals surface area contributed by atoms with Crippen molar-refractivity contribution in [3.05, 3.63) is 58.1 Å². The largest absolute Gasteiger partial charge is 0.493 e. The molecule has 228 valence electrons. The van der Waals surface area contributed by atoms with Gasteiger partial charge in [0.05, 0.1) is 25.4 Å². The standard InChI is InChI=1S/C33H44N2O7/c1-7-41-28-17-27(20(3)30(42-8-2)29(28)22(5)36)21(4)35(14-13-23-15-24-11-9-10-12-25(24)16-23)32(39)34-33(31(37)38)18-26(19-33)40-6/h9-12,17,21,23,26H,7-8,13-16,18-19H2,1-6H3,(H,34,39)(H,37,38)/t21-,26?,33?/m1/s1. The summed E-state index contributed by atoms with van der Waals surface area (Å²) in [6.45, 7) is 10.2. The highest BCUT2D eigenvalue weighted by Crippen LogP contribution is 2.41. The fourth-order valence-corrected chi connectivity index (χ4v) is 6.42. The van der Waals surface area contributed by atoms with Crippen molar-refractivity contribution < 1.29 is 33.7 Å². The van der Waals surface area contributed by atoms with Crippen LogP contribution < -0.4 is 14.8 Å². The van der Waals surface area contributed by atoms with Crippen LogP contribution in [0.15, 0.2) is 30.3 Å². The molecule has 2 aromatic rings. The quantitative estimate of drug-likeness (QED) is 0.301. The van der Waals surface area contributed by atoms with Gasteiger partial charge in [-0.25, -0.2) is 9.59 Å². The third-order valence-corrected chi connectivity index (χ3v) is 8.81. The second-order valence-electron chi connectivity index (χ2n) is 11.5. The molecule has 1 saturated carbocycles. The number of carbonyl (C=O) groups excluding carboxylic acids is 2. The maximum Gasteiger partial charge on any atom is 0.329 e. The Morgan fingerprint density at radius 2 is 1.71 bits per heavy atom. The van der Waals surface area contributed by atoms with E-state index in [0.717, 1.165) is 30.4 Å². The molecule has 2 N–H and O–H groups in total. The number of nitrogens with zero attached hydrogens (tertiary/aromatic N) is 1. The first-order valence-electron chi connectivity index (χ1n) is 14.9. The lowest BCUT2D eigenvalue weighted by molar-refractivity contribution is -0.155. The van der Waals surface area contributed by atoms with Crippen molar-refractivity contribution in [1.82, 2.24) is 10.2 Å². The first-order valence-corrected chi connectivity index (χ1v) is 14.9. The number of carboxylic acids is 1. The van der Waals surface area contributed by atoms with Gasteiger partial charge in [0.25, 0.3) is 0 Å². The fourth-order valence-electron chi connectivity index (χ4n) is 6.42. The van der Waals surface area contributed by atoms with E-state index in [9.17, 15) is 19.5 Å². The molecule has 9 heteroatoms. The molecule has 0 spiro atoms. The summed E-state index contributed by atoms with van der Waals surface area (Å²) in [5.41, 5.74) is 3.23. The number of amides is 2. The summed E-state index contributed by atoms with van der Waals surface area (Å²) < 4.78 is 17.2. The average Bonchev–Trinajstić information content (AvgIpc) is 3.35. The monoisotopic (exact) mass is 580 g/mol. The predicted molar refractivity (Wildman–Crippen MR) is 160 cm³/mol. The van der Waals surface area contributed by atoms with Gasteiger partial charge in [0.1, 0.15) is 22.6 Å². The fraction of sp³-hybridized carbons (Fsp3) is 0.545. The number of urea groups is 1. The smallest absolute Gasteiger partial charge is 0.329 e. The van der Waals surface area contributed by atoms with Gasteiger partial charge in [-0.15, -0.1) is 0 Å². The number of fused-ring (bicyclic) bond motifs is 1. The van der Waals surface area contributed by atoms with Gasteiger partial charge in [-0.05, 0) is 88.1 Å². The van der Waals surface area contributed by atoms with Crippen molar-refractivity contribution in [1.29, 1.82) is 0 Å². The predicted octanol–water partition coefficient (Wildman–Crippen LogP) is 5.50. The Morgan fingerprint density at radius 3 is 2.24 bits per heavy atom. The lowest BCUT2D eigenvalue weighted by atomic mass is 9.74. The third kappa shape index (κ3) is 6.26. The summed E-state index contributed by atoms with van der Waals surface area (Å²) in [5, 5.41) is 12.9. The number of methoxy groups -OCH3 is 1. The van der Waals surface area contributed by atoms with Crippen LogP contribution in [0.4, 0.5) is 4.79 Å². The van der Waals surface area contributed by atoms with Gasteiger partial charge < -0.3 is 29.5 Å². The minimum Gasteiger partial charge on any atom is -0.493 e. The van der Waals surface area contributed by atoms with Gasteiger partial charge in [-0.2, -0.15) is 0 Å². The summed E-state index contributed by atoms with van der Waals surface area (Å²) in [6, 6.07) is 9.35. The SMILES string of the molecule is CCOc1cc([C@@H](C)N(CCC2Cc3ccccc3C2)C(=O)NC2(C(=O)O)CC(OC)C2)c(C)c(OCC)c1C(C)=O. The third-order valence-electron chi connectivity index (χ3n) is 8.81. The van der Waals surface area contributed by atoms with E-state index in [1.807, 2.05) is 33.8 Å². The Kier molecular flexibility index (Phi) is 9.82. The lowest BCUT2D eigenvalue weighted by Crippen LogP contribution is -2.66. The molecule has 2 aromatic carbocycles. The number of carbonyl (C=O) groups is 3. The molecular formula is C33H44N2O7. The van der Waals surface area contributed by atoms with Gasteiger partial charge in [0, 0.05) is 26.5 Å². The summed E-state index contributed by atoms with van der Waals surface area (Å²) >= 11 is 0. The molecular weight excluding hydrogens is 536 g/mol. The minimum absolute atomic E-state index is 0.166. The summed E-state index contributed by atoms with van der Waals surface area (Å²) in [7, 11) is 1.55. The number of hydrogen-bond donors (Lipinski definition) is 2. The maximum absolute atomic E-state index is 14.0. The zero-order valence-electron chi connectivity index (χ0n) is 25.6. The highest BCUT2D eigenvalue weighted by molar-refractivity contribution is 6.00. The molecule has 2 aliphatic carbocycles. The molecule has 1 fully saturated rings. The van der Waals surface area contributed by atoms with Crippen molar-refractivity contribution in [2.45, 2.75) is 84.4 Å². The van der Waals surface area contributed by atoms with Gasteiger partial charge >= 0.3 is 12.0 Å². The van der Waals surface area contributed by atoms with Gasteiger partial charge in [0.2, 0.25) is 0 Å². The zero-order chi connectivity index (χ0) is 30.6. The first-order chi connectivity index (χ1) is 20.0. The number of ketones is 1. The Balaban J connectivity index is 1.68. The van der Waals surface area contributed by atoms with E-state index in [0.29, 0.717) is 42.7 Å². The highest BCUT2D eigenvalue weighted by Gasteiger charge is 2.52.